The summed E-state index contributed by atoms with van der Waals surface area (Å²) >= 11 is 1.51. The first-order chi connectivity index (χ1) is 13.7. The minimum atomic E-state index is -0.0253. The molecule has 1 aliphatic carbocycles. The Balaban J connectivity index is 1.46. The van der Waals surface area contributed by atoms with Crippen molar-refractivity contribution in [3.05, 3.63) is 76.6 Å². The first-order valence-electron chi connectivity index (χ1n) is 9.30. The molecule has 4 aromatic rings. The van der Waals surface area contributed by atoms with E-state index in [9.17, 15) is 4.79 Å². The highest BCUT2D eigenvalue weighted by atomic mass is 32.2. The number of nitrogens with zero attached hydrogens (tertiary/aromatic N) is 5. The van der Waals surface area contributed by atoms with Gasteiger partial charge in [-0.15, -0.1) is 5.10 Å². The van der Waals surface area contributed by atoms with Crippen LogP contribution in [0.15, 0.2) is 64.5 Å². The molecule has 5 rings (SSSR count). The van der Waals surface area contributed by atoms with Gasteiger partial charge in [0.1, 0.15) is 11.6 Å². The number of aromatic nitrogens is 5. The van der Waals surface area contributed by atoms with Crippen molar-refractivity contribution in [3.8, 4) is 5.69 Å². The van der Waals surface area contributed by atoms with Crippen LogP contribution in [0.2, 0.25) is 0 Å². The van der Waals surface area contributed by atoms with Crippen molar-refractivity contribution in [3.63, 3.8) is 0 Å². The fourth-order valence-electron chi connectivity index (χ4n) is 3.25. The van der Waals surface area contributed by atoms with Crippen LogP contribution < -0.4 is 5.56 Å². The lowest BCUT2D eigenvalue weighted by Crippen LogP contribution is -2.21. The van der Waals surface area contributed by atoms with E-state index in [4.69, 9.17) is 10.1 Å². The van der Waals surface area contributed by atoms with Gasteiger partial charge in [0, 0.05) is 13.0 Å². The van der Waals surface area contributed by atoms with Gasteiger partial charge in [-0.3, -0.25) is 9.36 Å². The van der Waals surface area contributed by atoms with Gasteiger partial charge in [0.05, 0.1) is 22.3 Å². The van der Waals surface area contributed by atoms with Crippen molar-refractivity contribution in [2.24, 2.45) is 7.05 Å². The molecular weight excluding hydrogens is 370 g/mol. The summed E-state index contributed by atoms with van der Waals surface area (Å²) in [5.74, 6) is 2.77. The van der Waals surface area contributed by atoms with Crippen molar-refractivity contribution in [2.75, 3.05) is 0 Å². The molecule has 2 aromatic carbocycles. The summed E-state index contributed by atoms with van der Waals surface area (Å²) in [5.41, 5.74) is 1.73. The molecule has 1 fully saturated rings. The Hall–Kier alpha value is -2.93. The van der Waals surface area contributed by atoms with Crippen LogP contribution in [0.4, 0.5) is 0 Å². The number of rotatable bonds is 5. The van der Waals surface area contributed by atoms with E-state index in [1.807, 2.05) is 59.3 Å². The molecule has 140 valence electrons. The van der Waals surface area contributed by atoms with Crippen LogP contribution in [-0.2, 0) is 12.8 Å². The fourth-order valence-corrected chi connectivity index (χ4v) is 4.07. The zero-order chi connectivity index (χ0) is 19.1. The Labute approximate surface area is 166 Å². The third-order valence-electron chi connectivity index (χ3n) is 4.96. The molecule has 1 aliphatic rings. The average Bonchev–Trinajstić information content (AvgIpc) is 3.49. The van der Waals surface area contributed by atoms with Crippen LogP contribution >= 0.6 is 11.8 Å². The summed E-state index contributed by atoms with van der Waals surface area (Å²) in [6, 6.07) is 17.6. The van der Waals surface area contributed by atoms with Crippen LogP contribution in [0.3, 0.4) is 0 Å². The Kier molecular flexibility index (Phi) is 4.24. The van der Waals surface area contributed by atoms with Gasteiger partial charge in [-0.25, -0.2) is 14.6 Å². The summed E-state index contributed by atoms with van der Waals surface area (Å²) in [4.78, 5) is 22.0. The lowest BCUT2D eigenvalue weighted by molar-refractivity contribution is 0.777. The van der Waals surface area contributed by atoms with Gasteiger partial charge >= 0.3 is 0 Å². The van der Waals surface area contributed by atoms with Crippen molar-refractivity contribution in [1.82, 2.24) is 24.3 Å². The smallest absolute Gasteiger partial charge is 0.261 e. The lowest BCUT2D eigenvalue weighted by atomic mass is 10.2. The zero-order valence-corrected chi connectivity index (χ0v) is 16.3. The molecule has 7 heteroatoms. The number of para-hydroxylation sites is 2. The number of thioether (sulfide) groups is 1. The Morgan fingerprint density at radius 3 is 2.57 bits per heavy atom. The quantitative estimate of drug-likeness (QED) is 0.487. The Morgan fingerprint density at radius 1 is 1.04 bits per heavy atom. The molecule has 0 atom stereocenters. The largest absolute Gasteiger partial charge is 0.299 e. The van der Waals surface area contributed by atoms with Crippen LogP contribution in [0, 0.1) is 0 Å². The SMILES string of the molecule is Cn1c(CSc2nc(C3CC3)n(-c3ccccc3)n2)nc2ccccc2c1=O. The molecule has 0 aliphatic heterocycles. The van der Waals surface area contributed by atoms with Crippen LogP contribution in [0.25, 0.3) is 16.6 Å². The molecule has 0 saturated heterocycles. The first kappa shape index (κ1) is 17.2. The van der Waals surface area contributed by atoms with Crippen molar-refractivity contribution in [2.45, 2.75) is 29.7 Å². The highest BCUT2D eigenvalue weighted by Gasteiger charge is 2.30. The second-order valence-electron chi connectivity index (χ2n) is 6.97. The summed E-state index contributed by atoms with van der Waals surface area (Å²) in [5, 5.41) is 6.08. The third kappa shape index (κ3) is 3.11. The Bertz CT molecular complexity index is 1210. The van der Waals surface area contributed by atoms with E-state index in [-0.39, 0.29) is 5.56 Å². The molecule has 2 aromatic heterocycles. The molecule has 0 bridgehead atoms. The molecule has 6 nitrogen and oxygen atoms in total. The van der Waals surface area contributed by atoms with E-state index in [2.05, 4.69) is 4.98 Å². The van der Waals surface area contributed by atoms with Crippen molar-refractivity contribution < 1.29 is 0 Å². The Morgan fingerprint density at radius 2 is 1.79 bits per heavy atom. The monoisotopic (exact) mass is 389 g/mol. The summed E-state index contributed by atoms with van der Waals surface area (Å²) in [6.45, 7) is 0. The number of hydrogen-bond donors (Lipinski definition) is 0. The van der Waals surface area contributed by atoms with Crippen molar-refractivity contribution >= 4 is 22.7 Å². The summed E-state index contributed by atoms with van der Waals surface area (Å²) in [6.07, 6.45) is 2.33. The standard InChI is InChI=1S/C21H19N5OS/c1-25-18(22-17-10-6-5-9-16(17)20(25)27)13-28-21-23-19(14-11-12-14)26(24-21)15-7-3-2-4-8-15/h2-10,14H,11-13H2,1H3. The van der Waals surface area contributed by atoms with Gasteiger partial charge < -0.3 is 0 Å². The van der Waals surface area contributed by atoms with Gasteiger partial charge in [0.2, 0.25) is 5.16 Å². The van der Waals surface area contributed by atoms with E-state index >= 15 is 0 Å². The summed E-state index contributed by atoms with van der Waals surface area (Å²) < 4.78 is 3.57. The second kappa shape index (κ2) is 6.91. The first-order valence-corrected chi connectivity index (χ1v) is 10.3. The lowest BCUT2D eigenvalue weighted by Gasteiger charge is -2.07. The topological polar surface area (TPSA) is 65.6 Å². The van der Waals surface area contributed by atoms with Gasteiger partial charge in [0.25, 0.3) is 5.56 Å². The summed E-state index contributed by atoms with van der Waals surface area (Å²) in [7, 11) is 1.77. The minimum Gasteiger partial charge on any atom is -0.299 e. The molecule has 1 saturated carbocycles. The molecule has 2 heterocycles. The number of fused-ring (bicyclic) bond motifs is 1. The third-order valence-corrected chi connectivity index (χ3v) is 5.80. The number of hydrogen-bond acceptors (Lipinski definition) is 5. The van der Waals surface area contributed by atoms with E-state index in [0.29, 0.717) is 22.2 Å². The fraction of sp³-hybridized carbons (Fsp3) is 0.238. The van der Waals surface area contributed by atoms with Gasteiger partial charge in [-0.1, -0.05) is 42.1 Å². The van der Waals surface area contributed by atoms with Crippen LogP contribution in [-0.4, -0.2) is 24.3 Å². The normalized spacial score (nSPS) is 13.9. The van der Waals surface area contributed by atoms with E-state index in [1.54, 1.807) is 11.6 Å². The van der Waals surface area contributed by atoms with E-state index in [0.717, 1.165) is 35.7 Å². The molecule has 0 N–H and O–H groups in total. The second-order valence-corrected chi connectivity index (χ2v) is 7.91. The van der Waals surface area contributed by atoms with Gasteiger partial charge in [0.15, 0.2) is 0 Å². The van der Waals surface area contributed by atoms with Crippen LogP contribution in [0.5, 0.6) is 0 Å². The molecule has 28 heavy (non-hydrogen) atoms. The molecule has 0 amide bonds. The molecule has 0 radical (unpaired) electrons. The zero-order valence-electron chi connectivity index (χ0n) is 15.4. The molecule has 0 unspecified atom stereocenters. The maximum Gasteiger partial charge on any atom is 0.261 e. The molecular formula is C21H19N5OS. The van der Waals surface area contributed by atoms with Crippen molar-refractivity contribution in [1.29, 1.82) is 0 Å². The van der Waals surface area contributed by atoms with Crippen LogP contribution in [0.1, 0.15) is 30.4 Å². The van der Waals surface area contributed by atoms with E-state index in [1.165, 1.54) is 11.8 Å². The minimum absolute atomic E-state index is 0.0253. The van der Waals surface area contributed by atoms with E-state index < -0.39 is 0 Å². The molecule has 0 spiro atoms. The predicted octanol–water partition coefficient (Wildman–Crippen LogP) is 3.68. The highest BCUT2D eigenvalue weighted by molar-refractivity contribution is 7.98. The highest BCUT2D eigenvalue weighted by Crippen LogP contribution is 2.40. The number of benzene rings is 2. The van der Waals surface area contributed by atoms with Gasteiger partial charge in [-0.2, -0.15) is 0 Å². The predicted molar refractivity (Wildman–Crippen MR) is 110 cm³/mol. The van der Waals surface area contributed by atoms with Gasteiger partial charge in [-0.05, 0) is 37.1 Å². The average molecular weight is 389 g/mol. The maximum absolute atomic E-state index is 12.6. The maximum atomic E-state index is 12.6.